The largest absolute Gasteiger partial charge is 0.355 e. The van der Waals surface area contributed by atoms with E-state index < -0.39 is 0 Å². The van der Waals surface area contributed by atoms with Crippen LogP contribution in [0, 0.1) is 28.6 Å². The molecule has 5 nitrogen and oxygen atoms in total. The molecule has 3 saturated carbocycles. The van der Waals surface area contributed by atoms with Crippen molar-refractivity contribution in [2.24, 2.45) is 28.6 Å². The Labute approximate surface area is 181 Å². The first-order chi connectivity index (χ1) is 14.2. The lowest BCUT2D eigenvalue weighted by atomic mass is 9.46. The van der Waals surface area contributed by atoms with Crippen LogP contribution in [0.15, 0.2) is 0 Å². The molecule has 0 bridgehead atoms. The molecule has 0 radical (unpaired) electrons. The van der Waals surface area contributed by atoms with Crippen LogP contribution >= 0.6 is 0 Å². The van der Waals surface area contributed by atoms with Gasteiger partial charge in [0.2, 0.25) is 5.91 Å². The van der Waals surface area contributed by atoms with E-state index in [-0.39, 0.29) is 28.4 Å². The third-order valence-electron chi connectivity index (χ3n) is 10.7. The Bertz CT molecular complexity index is 751. The number of carbonyl (C=O) groups excluding carboxylic acids is 2. The first-order valence-corrected chi connectivity index (χ1v) is 12.5. The van der Waals surface area contributed by atoms with Crippen LogP contribution in [0.4, 0.5) is 0 Å². The van der Waals surface area contributed by atoms with Gasteiger partial charge in [0.1, 0.15) is 5.60 Å². The van der Waals surface area contributed by atoms with Crippen molar-refractivity contribution >= 4 is 11.8 Å². The van der Waals surface area contributed by atoms with E-state index >= 15 is 0 Å². The molecule has 2 amide bonds. The average molecular weight is 417 g/mol. The standard InChI is InChI=1S/C25H40N2O3/c1-6-27(7-2)22(29)21-25(30-21)15-11-18-16-8-9-19-23(3,13-12-20(28)26(19)5)17(16)10-14-24(18,25)4/h16-19,21H,6-15H2,1-5H3/t16-,17+,18+,19-,21-,23-,24+,25+/m1/s1. The van der Waals surface area contributed by atoms with Gasteiger partial charge in [0.15, 0.2) is 6.10 Å². The number of likely N-dealkylation sites (tertiary alicyclic amines) is 1. The van der Waals surface area contributed by atoms with Gasteiger partial charge in [-0.25, -0.2) is 0 Å². The van der Waals surface area contributed by atoms with Crippen LogP contribution < -0.4 is 0 Å². The molecule has 5 heteroatoms. The lowest BCUT2D eigenvalue weighted by Crippen LogP contribution is -2.61. The van der Waals surface area contributed by atoms with Crippen molar-refractivity contribution in [2.75, 3.05) is 20.1 Å². The van der Waals surface area contributed by atoms with Gasteiger partial charge in [-0.1, -0.05) is 13.8 Å². The maximum absolute atomic E-state index is 13.1. The number of likely N-dealkylation sites (N-methyl/N-ethyl adjacent to an activating group) is 1. The van der Waals surface area contributed by atoms with Crippen molar-refractivity contribution in [3.8, 4) is 0 Å². The summed E-state index contributed by atoms with van der Waals surface area (Å²) in [5, 5.41) is 0. The van der Waals surface area contributed by atoms with Crippen molar-refractivity contribution in [3.63, 3.8) is 0 Å². The molecule has 5 fully saturated rings. The number of amides is 2. The molecule has 2 saturated heterocycles. The van der Waals surface area contributed by atoms with E-state index in [1.54, 1.807) is 0 Å². The zero-order chi connectivity index (χ0) is 21.5. The quantitative estimate of drug-likeness (QED) is 0.657. The number of hydrogen-bond acceptors (Lipinski definition) is 3. The molecule has 2 heterocycles. The van der Waals surface area contributed by atoms with Gasteiger partial charge in [0.05, 0.1) is 0 Å². The number of epoxide rings is 1. The van der Waals surface area contributed by atoms with Gasteiger partial charge in [-0.2, -0.15) is 0 Å². The highest BCUT2D eigenvalue weighted by Crippen LogP contribution is 2.72. The predicted octanol–water partition coefficient (Wildman–Crippen LogP) is 3.86. The fourth-order valence-electron chi connectivity index (χ4n) is 8.94. The molecule has 8 atom stereocenters. The SMILES string of the molecule is CCN(CC)C(=O)[C@H]1O[C@@]12CC[C@H]1[C@@H]3CC[C@H]4N(C)C(=O)CC[C@]4(C)[C@H]3CC[C@@]12C. The van der Waals surface area contributed by atoms with Crippen LogP contribution in [0.5, 0.6) is 0 Å². The topological polar surface area (TPSA) is 53.2 Å². The second-order valence-corrected chi connectivity index (χ2v) is 11.4. The van der Waals surface area contributed by atoms with Gasteiger partial charge in [0, 0.05) is 38.0 Å². The summed E-state index contributed by atoms with van der Waals surface area (Å²) in [4.78, 5) is 29.5. The lowest BCUT2D eigenvalue weighted by molar-refractivity contribution is -0.158. The summed E-state index contributed by atoms with van der Waals surface area (Å²) in [6.07, 6.45) is 8.57. The van der Waals surface area contributed by atoms with Crippen LogP contribution in [-0.4, -0.2) is 59.5 Å². The van der Waals surface area contributed by atoms with Gasteiger partial charge >= 0.3 is 0 Å². The normalized spacial score (nSPS) is 49.4. The molecule has 5 aliphatic rings. The zero-order valence-electron chi connectivity index (χ0n) is 19.6. The highest BCUT2D eigenvalue weighted by molar-refractivity contribution is 5.85. The maximum atomic E-state index is 13.1. The Morgan fingerprint density at radius 3 is 2.47 bits per heavy atom. The molecule has 0 aromatic rings. The number of piperidine rings is 1. The van der Waals surface area contributed by atoms with Crippen LogP contribution in [0.25, 0.3) is 0 Å². The first-order valence-electron chi connectivity index (χ1n) is 12.5. The minimum Gasteiger partial charge on any atom is -0.355 e. The third-order valence-corrected chi connectivity index (χ3v) is 10.7. The van der Waals surface area contributed by atoms with E-state index in [0.717, 1.165) is 38.3 Å². The van der Waals surface area contributed by atoms with Gasteiger partial charge in [0.25, 0.3) is 5.91 Å². The Morgan fingerprint density at radius 2 is 1.77 bits per heavy atom. The van der Waals surface area contributed by atoms with Gasteiger partial charge in [-0.3, -0.25) is 9.59 Å². The summed E-state index contributed by atoms with van der Waals surface area (Å²) in [5.41, 5.74) is 0.171. The highest BCUT2D eigenvalue weighted by Gasteiger charge is 2.76. The molecule has 168 valence electrons. The molecular weight excluding hydrogens is 376 g/mol. The summed E-state index contributed by atoms with van der Waals surface area (Å²) in [6.45, 7) is 10.6. The number of rotatable bonds is 3. The molecule has 0 aromatic carbocycles. The Kier molecular flexibility index (Phi) is 4.64. The van der Waals surface area contributed by atoms with Crippen molar-refractivity contribution in [1.82, 2.24) is 9.80 Å². The average Bonchev–Trinajstić information content (AvgIpc) is 3.39. The predicted molar refractivity (Wildman–Crippen MR) is 116 cm³/mol. The van der Waals surface area contributed by atoms with Crippen molar-refractivity contribution < 1.29 is 14.3 Å². The van der Waals surface area contributed by atoms with Gasteiger partial charge < -0.3 is 14.5 Å². The summed E-state index contributed by atoms with van der Waals surface area (Å²) in [7, 11) is 2.03. The number of ether oxygens (including phenoxy) is 1. The molecule has 0 unspecified atom stereocenters. The molecule has 0 aromatic heterocycles. The lowest BCUT2D eigenvalue weighted by Gasteiger charge is -2.61. The van der Waals surface area contributed by atoms with E-state index in [1.807, 2.05) is 11.9 Å². The minimum atomic E-state index is -0.214. The third kappa shape index (κ3) is 2.45. The second kappa shape index (κ2) is 6.70. The number of nitrogens with zero attached hydrogens (tertiary/aromatic N) is 2. The Hall–Kier alpha value is -1.10. The van der Waals surface area contributed by atoms with Crippen LogP contribution in [0.1, 0.15) is 79.1 Å². The molecular formula is C25H40N2O3. The molecule has 2 aliphatic heterocycles. The van der Waals surface area contributed by atoms with Crippen molar-refractivity contribution in [1.29, 1.82) is 0 Å². The molecule has 5 rings (SSSR count). The van der Waals surface area contributed by atoms with E-state index in [9.17, 15) is 9.59 Å². The number of carbonyl (C=O) groups is 2. The molecule has 30 heavy (non-hydrogen) atoms. The van der Waals surface area contributed by atoms with E-state index in [2.05, 4.69) is 32.6 Å². The van der Waals surface area contributed by atoms with Gasteiger partial charge in [-0.05, 0) is 82.0 Å². The van der Waals surface area contributed by atoms with Crippen LogP contribution in [-0.2, 0) is 14.3 Å². The minimum absolute atomic E-state index is 0.126. The van der Waals surface area contributed by atoms with Gasteiger partial charge in [-0.15, -0.1) is 0 Å². The smallest absolute Gasteiger partial charge is 0.254 e. The first kappa shape index (κ1) is 20.8. The molecule has 0 N–H and O–H groups in total. The fraction of sp³-hybridized carbons (Fsp3) is 0.920. The molecule has 3 aliphatic carbocycles. The van der Waals surface area contributed by atoms with Crippen LogP contribution in [0.3, 0.4) is 0 Å². The maximum Gasteiger partial charge on any atom is 0.254 e. The summed E-state index contributed by atoms with van der Waals surface area (Å²) in [5.74, 6) is 2.63. The summed E-state index contributed by atoms with van der Waals surface area (Å²) in [6, 6.07) is 0.411. The van der Waals surface area contributed by atoms with Crippen LogP contribution in [0.2, 0.25) is 0 Å². The number of fused-ring (bicyclic) bond motifs is 6. The number of hydrogen-bond donors (Lipinski definition) is 0. The monoisotopic (exact) mass is 416 g/mol. The second-order valence-electron chi connectivity index (χ2n) is 11.4. The van der Waals surface area contributed by atoms with E-state index in [1.165, 1.54) is 25.7 Å². The fourth-order valence-corrected chi connectivity index (χ4v) is 8.94. The Morgan fingerprint density at radius 1 is 1.07 bits per heavy atom. The zero-order valence-corrected chi connectivity index (χ0v) is 19.6. The van der Waals surface area contributed by atoms with E-state index in [0.29, 0.717) is 30.2 Å². The van der Waals surface area contributed by atoms with Crippen molar-refractivity contribution in [3.05, 3.63) is 0 Å². The highest BCUT2D eigenvalue weighted by atomic mass is 16.6. The van der Waals surface area contributed by atoms with E-state index in [4.69, 9.17) is 4.74 Å². The molecule has 1 spiro atoms. The summed E-state index contributed by atoms with van der Waals surface area (Å²) >= 11 is 0. The summed E-state index contributed by atoms with van der Waals surface area (Å²) < 4.78 is 6.38. The Balaban J connectivity index is 1.39. The van der Waals surface area contributed by atoms with Crippen molar-refractivity contribution in [2.45, 2.75) is 96.8 Å².